The van der Waals surface area contributed by atoms with Crippen LogP contribution in [0.5, 0.6) is 0 Å². The van der Waals surface area contributed by atoms with Crippen LogP contribution < -0.4 is 4.90 Å². The zero-order valence-electron chi connectivity index (χ0n) is 18.9. The van der Waals surface area contributed by atoms with E-state index in [0.717, 1.165) is 41.0 Å². The lowest BCUT2D eigenvalue weighted by molar-refractivity contribution is 0.0691. The molecule has 0 radical (unpaired) electrons. The number of benzene rings is 1. The molecule has 0 spiro atoms. The van der Waals surface area contributed by atoms with Crippen LogP contribution in [0.1, 0.15) is 35.9 Å². The molecular weight excluding hydrogens is 454 g/mol. The van der Waals surface area contributed by atoms with Gasteiger partial charge in [0.25, 0.3) is 0 Å². The fourth-order valence-electron chi connectivity index (χ4n) is 4.23. The summed E-state index contributed by atoms with van der Waals surface area (Å²) in [6.45, 7) is 7.21. The lowest BCUT2D eigenvalue weighted by atomic mass is 9.97. The molecule has 174 valence electrons. The van der Waals surface area contributed by atoms with Gasteiger partial charge in [0.15, 0.2) is 17.2 Å². The van der Waals surface area contributed by atoms with E-state index in [-0.39, 0.29) is 11.6 Å². The van der Waals surface area contributed by atoms with Crippen molar-refractivity contribution in [2.45, 2.75) is 19.8 Å². The van der Waals surface area contributed by atoms with Crippen LogP contribution in [0.4, 0.5) is 5.69 Å². The molecule has 1 fully saturated rings. The first-order valence-corrected chi connectivity index (χ1v) is 11.5. The molecule has 8 nitrogen and oxygen atoms in total. The highest BCUT2D eigenvalue weighted by molar-refractivity contribution is 6.30. The fourth-order valence-corrected chi connectivity index (χ4v) is 4.38. The summed E-state index contributed by atoms with van der Waals surface area (Å²) in [5.41, 5.74) is 3.97. The van der Waals surface area contributed by atoms with Gasteiger partial charge >= 0.3 is 5.97 Å². The van der Waals surface area contributed by atoms with Gasteiger partial charge in [-0.3, -0.25) is 0 Å². The number of nitrogens with zero attached hydrogens (tertiary/aromatic N) is 5. The molecule has 0 bridgehead atoms. The minimum atomic E-state index is -1.11. The number of hydrogen-bond donors (Lipinski definition) is 1. The molecule has 0 aliphatic carbocycles. The van der Waals surface area contributed by atoms with Crippen molar-refractivity contribution in [3.8, 4) is 16.9 Å². The lowest BCUT2D eigenvalue weighted by Gasteiger charge is -2.29. The van der Waals surface area contributed by atoms with Crippen LogP contribution in [0.2, 0.25) is 5.02 Å². The molecule has 4 aromatic rings. The summed E-state index contributed by atoms with van der Waals surface area (Å²) in [5, 5.41) is 15.9. The van der Waals surface area contributed by atoms with Gasteiger partial charge in [-0.05, 0) is 41.3 Å². The summed E-state index contributed by atoms with van der Waals surface area (Å²) in [7, 11) is 0. The molecule has 0 unspecified atom stereocenters. The van der Waals surface area contributed by atoms with E-state index in [2.05, 4.69) is 27.0 Å². The van der Waals surface area contributed by atoms with E-state index in [4.69, 9.17) is 21.4 Å². The number of rotatable bonds is 5. The number of ether oxygens (including phenoxy) is 1. The van der Waals surface area contributed by atoms with Crippen LogP contribution in [-0.4, -0.2) is 57.1 Å². The molecule has 5 rings (SSSR count). The van der Waals surface area contributed by atoms with Crippen molar-refractivity contribution >= 4 is 34.3 Å². The zero-order valence-corrected chi connectivity index (χ0v) is 19.7. The average molecular weight is 478 g/mol. The van der Waals surface area contributed by atoms with Crippen LogP contribution in [0, 0.1) is 0 Å². The molecule has 1 aromatic carbocycles. The number of carboxylic acids is 1. The van der Waals surface area contributed by atoms with Crippen LogP contribution in [0.15, 0.2) is 48.7 Å². The number of hydrogen-bond acceptors (Lipinski definition) is 6. The van der Waals surface area contributed by atoms with E-state index in [1.165, 1.54) is 0 Å². The van der Waals surface area contributed by atoms with Crippen molar-refractivity contribution in [1.29, 1.82) is 0 Å². The molecule has 0 saturated carbocycles. The second-order valence-corrected chi connectivity index (χ2v) is 8.93. The van der Waals surface area contributed by atoms with Gasteiger partial charge < -0.3 is 14.7 Å². The first-order chi connectivity index (χ1) is 16.4. The number of morpholine rings is 1. The number of pyridine rings is 2. The summed E-state index contributed by atoms with van der Waals surface area (Å²) in [6.07, 6.45) is 1.59. The fraction of sp³-hybridized carbons (Fsp3) is 0.280. The summed E-state index contributed by atoms with van der Waals surface area (Å²) < 4.78 is 7.03. The van der Waals surface area contributed by atoms with Crippen LogP contribution in [0.3, 0.4) is 0 Å². The average Bonchev–Trinajstić information content (AvgIpc) is 3.24. The topological polar surface area (TPSA) is 93.4 Å². The molecule has 9 heteroatoms. The van der Waals surface area contributed by atoms with E-state index in [9.17, 15) is 9.90 Å². The Morgan fingerprint density at radius 3 is 2.50 bits per heavy atom. The van der Waals surface area contributed by atoms with E-state index in [1.54, 1.807) is 29.1 Å². The Bertz CT molecular complexity index is 1360. The standard InChI is InChI=1S/C25H24ClN5O3/c1-15(2)23-22-19(16-3-5-18(6-4-16)30-9-11-34-12-10-30)14-20(25(32)33)28-24(22)31(29-23)21-13-17(26)7-8-27-21/h3-8,13-15H,9-12H2,1-2H3,(H,32,33). The lowest BCUT2D eigenvalue weighted by Crippen LogP contribution is -2.36. The Morgan fingerprint density at radius 2 is 1.85 bits per heavy atom. The van der Waals surface area contributed by atoms with Crippen LogP contribution >= 0.6 is 11.6 Å². The number of aromatic carboxylic acids is 1. The van der Waals surface area contributed by atoms with Crippen molar-refractivity contribution in [2.75, 3.05) is 31.2 Å². The highest BCUT2D eigenvalue weighted by atomic mass is 35.5. The Hall–Kier alpha value is -3.49. The minimum Gasteiger partial charge on any atom is -0.477 e. The van der Waals surface area contributed by atoms with E-state index in [1.807, 2.05) is 26.0 Å². The third-order valence-corrected chi connectivity index (χ3v) is 6.15. The molecule has 3 aromatic heterocycles. The minimum absolute atomic E-state index is 0.0572. The maximum Gasteiger partial charge on any atom is 0.354 e. The quantitative estimate of drug-likeness (QED) is 0.441. The molecule has 4 heterocycles. The molecule has 0 amide bonds. The van der Waals surface area contributed by atoms with Crippen molar-refractivity contribution in [3.05, 3.63) is 65.1 Å². The van der Waals surface area contributed by atoms with Gasteiger partial charge in [0, 0.05) is 36.1 Å². The summed E-state index contributed by atoms with van der Waals surface area (Å²) >= 11 is 6.20. The van der Waals surface area contributed by atoms with E-state index < -0.39 is 5.97 Å². The number of fused-ring (bicyclic) bond motifs is 1. The van der Waals surface area contributed by atoms with Gasteiger partial charge in [0.05, 0.1) is 24.3 Å². The number of halogens is 1. The highest BCUT2D eigenvalue weighted by Gasteiger charge is 2.23. The molecule has 34 heavy (non-hydrogen) atoms. The number of carboxylic acid groups (broad SMARTS) is 1. The van der Waals surface area contributed by atoms with Crippen LogP contribution in [0.25, 0.3) is 28.0 Å². The predicted molar refractivity (Wildman–Crippen MR) is 131 cm³/mol. The van der Waals surface area contributed by atoms with Gasteiger partial charge in [-0.1, -0.05) is 37.6 Å². The van der Waals surface area contributed by atoms with E-state index in [0.29, 0.717) is 29.7 Å². The van der Waals surface area contributed by atoms with Crippen molar-refractivity contribution in [2.24, 2.45) is 0 Å². The molecule has 1 saturated heterocycles. The molecule has 1 aliphatic rings. The summed E-state index contributed by atoms with van der Waals surface area (Å²) in [4.78, 5) is 23.1. The second-order valence-electron chi connectivity index (χ2n) is 8.49. The maximum atomic E-state index is 12.0. The third-order valence-electron chi connectivity index (χ3n) is 5.91. The highest BCUT2D eigenvalue weighted by Crippen LogP contribution is 2.36. The zero-order chi connectivity index (χ0) is 23.8. The normalized spacial score (nSPS) is 14.2. The van der Waals surface area contributed by atoms with Crippen LogP contribution in [-0.2, 0) is 4.74 Å². The Kier molecular flexibility index (Phi) is 5.93. The van der Waals surface area contributed by atoms with Gasteiger partial charge in [0.1, 0.15) is 0 Å². The molecule has 0 atom stereocenters. The summed E-state index contributed by atoms with van der Waals surface area (Å²) in [5.74, 6) is -0.550. The van der Waals surface area contributed by atoms with Gasteiger partial charge in [-0.25, -0.2) is 14.8 Å². The first kappa shape index (κ1) is 22.3. The predicted octanol–water partition coefficient (Wildman–Crippen LogP) is 4.79. The first-order valence-electron chi connectivity index (χ1n) is 11.1. The number of aromatic nitrogens is 4. The monoisotopic (exact) mass is 477 g/mol. The van der Waals surface area contributed by atoms with Crippen molar-refractivity contribution in [1.82, 2.24) is 19.7 Å². The van der Waals surface area contributed by atoms with Gasteiger partial charge in [0.2, 0.25) is 0 Å². The molecule has 1 aliphatic heterocycles. The van der Waals surface area contributed by atoms with Crippen molar-refractivity contribution < 1.29 is 14.6 Å². The van der Waals surface area contributed by atoms with Gasteiger partial charge in [-0.15, -0.1) is 0 Å². The number of carbonyl (C=O) groups is 1. The summed E-state index contributed by atoms with van der Waals surface area (Å²) in [6, 6.07) is 13.1. The maximum absolute atomic E-state index is 12.0. The second kappa shape index (κ2) is 9.04. The van der Waals surface area contributed by atoms with Crippen molar-refractivity contribution in [3.63, 3.8) is 0 Å². The SMILES string of the molecule is CC(C)c1nn(-c2cc(Cl)ccn2)c2nc(C(=O)O)cc(-c3ccc(N4CCOCC4)cc3)c12. The molecular formula is C25H24ClN5O3. The largest absolute Gasteiger partial charge is 0.477 e. The smallest absolute Gasteiger partial charge is 0.354 e. The van der Waals surface area contributed by atoms with Gasteiger partial charge in [-0.2, -0.15) is 9.78 Å². The Balaban J connectivity index is 1.71. The Labute approximate surface area is 201 Å². The third kappa shape index (κ3) is 4.10. The Morgan fingerprint density at radius 1 is 1.12 bits per heavy atom. The van der Waals surface area contributed by atoms with E-state index >= 15 is 0 Å². The molecule has 1 N–H and O–H groups in total. The number of anilines is 1.